The fourth-order valence-corrected chi connectivity index (χ4v) is 3.44. The van der Waals surface area contributed by atoms with Crippen LogP contribution in [0.15, 0.2) is 0 Å². The second-order valence-corrected chi connectivity index (χ2v) is 6.30. The number of thiophene rings is 1. The minimum absolute atomic E-state index is 0.140. The summed E-state index contributed by atoms with van der Waals surface area (Å²) in [5.74, 6) is 7.03. The van der Waals surface area contributed by atoms with Crippen LogP contribution in [-0.2, 0) is 6.54 Å². The number of nitrogens with two attached hydrogens (primary N) is 1. The second kappa shape index (κ2) is 7.13. The van der Waals surface area contributed by atoms with Gasteiger partial charge in [0.25, 0.3) is 0 Å². The number of aliphatic hydroxyl groups excluding tert-OH is 1. The number of fused-ring (bicyclic) bond motifs is 1. The summed E-state index contributed by atoms with van der Waals surface area (Å²) < 4.78 is 0. The maximum Gasteiger partial charge on any atom is 0.152 e. The third-order valence-corrected chi connectivity index (χ3v) is 4.63. The van der Waals surface area contributed by atoms with E-state index in [1.54, 1.807) is 11.3 Å². The summed E-state index contributed by atoms with van der Waals surface area (Å²) in [6.45, 7) is 8.56. The molecular weight excluding hydrogens is 286 g/mol. The lowest BCUT2D eigenvalue weighted by atomic mass is 10.2. The van der Waals surface area contributed by atoms with E-state index in [2.05, 4.69) is 41.1 Å². The predicted octanol–water partition coefficient (Wildman–Crippen LogP) is 1.80. The van der Waals surface area contributed by atoms with Crippen LogP contribution in [0.1, 0.15) is 29.6 Å². The van der Waals surface area contributed by atoms with Gasteiger partial charge in [-0.1, -0.05) is 6.92 Å². The molecule has 0 saturated carbocycles. The first-order chi connectivity index (χ1) is 10.1. The highest BCUT2D eigenvalue weighted by Crippen LogP contribution is 2.32. The fraction of sp³-hybridized carbons (Fsp3) is 0.571. The first-order valence-corrected chi connectivity index (χ1v) is 7.98. The molecule has 0 atom stereocenters. The highest BCUT2D eigenvalue weighted by molar-refractivity contribution is 7.18. The van der Waals surface area contributed by atoms with Gasteiger partial charge in [-0.25, -0.2) is 15.8 Å². The molecule has 0 spiro atoms. The first-order valence-electron chi connectivity index (χ1n) is 7.17. The SMILES string of the molecule is CCCN(CCO)Cc1nc(NN)c2c(C)c(C)sc2n1. The fourth-order valence-electron chi connectivity index (χ4n) is 2.40. The molecule has 0 saturated heterocycles. The Morgan fingerprint density at radius 3 is 2.67 bits per heavy atom. The van der Waals surface area contributed by atoms with Crippen molar-refractivity contribution in [2.24, 2.45) is 5.84 Å². The molecule has 0 unspecified atom stereocenters. The van der Waals surface area contributed by atoms with Gasteiger partial charge in [0.15, 0.2) is 5.82 Å². The molecule has 4 N–H and O–H groups in total. The van der Waals surface area contributed by atoms with Crippen LogP contribution in [0.2, 0.25) is 0 Å². The van der Waals surface area contributed by atoms with Crippen LogP contribution < -0.4 is 11.3 Å². The summed E-state index contributed by atoms with van der Waals surface area (Å²) in [6.07, 6.45) is 1.03. The van der Waals surface area contributed by atoms with Crippen molar-refractivity contribution in [3.05, 3.63) is 16.3 Å². The van der Waals surface area contributed by atoms with Crippen molar-refractivity contribution in [1.29, 1.82) is 0 Å². The molecular formula is C14H23N5OS. The Morgan fingerprint density at radius 1 is 1.29 bits per heavy atom. The molecule has 0 aromatic carbocycles. The van der Waals surface area contributed by atoms with Gasteiger partial charge in [0.2, 0.25) is 0 Å². The van der Waals surface area contributed by atoms with Crippen LogP contribution in [0, 0.1) is 13.8 Å². The lowest BCUT2D eigenvalue weighted by Gasteiger charge is -2.19. The van der Waals surface area contributed by atoms with Crippen molar-refractivity contribution >= 4 is 27.4 Å². The number of hydrogen-bond donors (Lipinski definition) is 3. The van der Waals surface area contributed by atoms with Crippen molar-refractivity contribution in [3.63, 3.8) is 0 Å². The van der Waals surface area contributed by atoms with Crippen molar-refractivity contribution in [3.8, 4) is 0 Å². The molecule has 6 nitrogen and oxygen atoms in total. The highest BCUT2D eigenvalue weighted by atomic mass is 32.1. The van der Waals surface area contributed by atoms with Crippen LogP contribution in [0.3, 0.4) is 0 Å². The van der Waals surface area contributed by atoms with Gasteiger partial charge in [-0.05, 0) is 32.4 Å². The summed E-state index contributed by atoms with van der Waals surface area (Å²) in [4.78, 5) is 13.5. The number of hydrazine groups is 1. The maximum absolute atomic E-state index is 9.14. The van der Waals surface area contributed by atoms with Crippen molar-refractivity contribution in [2.75, 3.05) is 25.1 Å². The summed E-state index contributed by atoms with van der Waals surface area (Å²) >= 11 is 1.66. The van der Waals surface area contributed by atoms with E-state index in [9.17, 15) is 0 Å². The zero-order valence-corrected chi connectivity index (χ0v) is 13.6. The minimum atomic E-state index is 0.140. The van der Waals surface area contributed by atoms with Gasteiger partial charge in [-0.15, -0.1) is 11.3 Å². The van der Waals surface area contributed by atoms with Crippen molar-refractivity contribution in [1.82, 2.24) is 14.9 Å². The van der Waals surface area contributed by atoms with Crippen LogP contribution >= 0.6 is 11.3 Å². The number of rotatable bonds is 7. The summed E-state index contributed by atoms with van der Waals surface area (Å²) in [7, 11) is 0. The lowest BCUT2D eigenvalue weighted by molar-refractivity contribution is 0.187. The zero-order valence-electron chi connectivity index (χ0n) is 12.8. The number of nitrogens with zero attached hydrogens (tertiary/aromatic N) is 3. The van der Waals surface area contributed by atoms with E-state index < -0.39 is 0 Å². The average molecular weight is 309 g/mol. The molecule has 21 heavy (non-hydrogen) atoms. The molecule has 2 aromatic heterocycles. The molecule has 2 rings (SSSR count). The Kier molecular flexibility index (Phi) is 5.46. The van der Waals surface area contributed by atoms with Gasteiger partial charge in [0.05, 0.1) is 18.5 Å². The Labute approximate surface area is 129 Å². The van der Waals surface area contributed by atoms with Crippen molar-refractivity contribution < 1.29 is 5.11 Å². The summed E-state index contributed by atoms with van der Waals surface area (Å²) in [6, 6.07) is 0. The number of nitrogens with one attached hydrogen (secondary N) is 1. The Morgan fingerprint density at radius 2 is 2.05 bits per heavy atom. The molecule has 2 aromatic rings. The Hall–Kier alpha value is -1.28. The van der Waals surface area contributed by atoms with E-state index in [0.29, 0.717) is 18.9 Å². The van der Waals surface area contributed by atoms with Crippen LogP contribution in [0.5, 0.6) is 0 Å². The van der Waals surface area contributed by atoms with E-state index in [4.69, 9.17) is 10.9 Å². The monoisotopic (exact) mass is 309 g/mol. The normalized spacial score (nSPS) is 11.5. The van der Waals surface area contributed by atoms with Crippen LogP contribution in [-0.4, -0.2) is 39.7 Å². The predicted molar refractivity (Wildman–Crippen MR) is 87.4 cm³/mol. The van der Waals surface area contributed by atoms with Gasteiger partial charge in [-0.3, -0.25) is 4.90 Å². The molecule has 116 valence electrons. The molecule has 2 heterocycles. The summed E-state index contributed by atoms with van der Waals surface area (Å²) in [5, 5.41) is 10.1. The first kappa shape index (κ1) is 16.1. The molecule has 0 aliphatic carbocycles. The Bertz CT molecular complexity index is 607. The molecule has 0 aliphatic rings. The molecule has 0 fully saturated rings. The number of aliphatic hydroxyl groups is 1. The van der Waals surface area contributed by atoms with Crippen LogP contribution in [0.25, 0.3) is 10.2 Å². The van der Waals surface area contributed by atoms with Gasteiger partial charge in [0, 0.05) is 11.4 Å². The maximum atomic E-state index is 9.14. The standard InChI is InChI=1S/C14H23N5OS/c1-4-5-19(6-7-20)8-11-16-13(18-15)12-9(2)10(3)21-14(12)17-11/h20H,4-8,15H2,1-3H3,(H,16,17,18). The molecule has 0 amide bonds. The highest BCUT2D eigenvalue weighted by Gasteiger charge is 2.15. The van der Waals surface area contributed by atoms with Gasteiger partial charge in [0.1, 0.15) is 10.7 Å². The Balaban J connectivity index is 2.36. The molecule has 0 aliphatic heterocycles. The zero-order chi connectivity index (χ0) is 15.4. The third-order valence-electron chi connectivity index (χ3n) is 3.53. The number of anilines is 1. The van der Waals surface area contributed by atoms with E-state index in [1.165, 1.54) is 10.4 Å². The van der Waals surface area contributed by atoms with E-state index >= 15 is 0 Å². The topological polar surface area (TPSA) is 87.3 Å². The lowest BCUT2D eigenvalue weighted by Crippen LogP contribution is -2.28. The molecule has 0 bridgehead atoms. The second-order valence-electron chi connectivity index (χ2n) is 5.10. The van der Waals surface area contributed by atoms with Crippen molar-refractivity contribution in [2.45, 2.75) is 33.7 Å². The largest absolute Gasteiger partial charge is 0.395 e. The number of hydrogen-bond acceptors (Lipinski definition) is 7. The quantitative estimate of drug-likeness (QED) is 0.534. The van der Waals surface area contributed by atoms with Crippen LogP contribution in [0.4, 0.5) is 5.82 Å². The average Bonchev–Trinajstić information content (AvgIpc) is 2.74. The molecule has 0 radical (unpaired) electrons. The number of aryl methyl sites for hydroxylation is 2. The van der Waals surface area contributed by atoms with Gasteiger partial charge < -0.3 is 10.5 Å². The minimum Gasteiger partial charge on any atom is -0.395 e. The molecule has 7 heteroatoms. The van der Waals surface area contributed by atoms with Gasteiger partial charge >= 0.3 is 0 Å². The van der Waals surface area contributed by atoms with E-state index in [0.717, 1.165) is 29.0 Å². The smallest absolute Gasteiger partial charge is 0.152 e. The number of nitrogen functional groups attached to an aromatic ring is 1. The summed E-state index contributed by atoms with van der Waals surface area (Å²) in [5.41, 5.74) is 3.87. The third kappa shape index (κ3) is 3.49. The van der Waals surface area contributed by atoms with Gasteiger partial charge in [-0.2, -0.15) is 0 Å². The number of aromatic nitrogens is 2. The van der Waals surface area contributed by atoms with E-state index in [-0.39, 0.29) is 6.61 Å². The van der Waals surface area contributed by atoms with E-state index in [1.807, 2.05) is 0 Å².